The Morgan fingerprint density at radius 1 is 1.00 bits per heavy atom. The second-order valence-corrected chi connectivity index (χ2v) is 3.11. The number of rotatable bonds is 7. The number of hydrogen-bond donors (Lipinski definition) is 2. The average molecular weight is 175 g/mol. The van der Waals surface area contributed by atoms with Crippen molar-refractivity contribution in [1.82, 2.24) is 4.90 Å². The largest absolute Gasteiger partial charge is 0.368 e. The van der Waals surface area contributed by atoms with Crippen LogP contribution >= 0.6 is 0 Å². The molecule has 2 N–H and O–H groups in total. The lowest BCUT2D eigenvalue weighted by atomic mass is 10.3. The molecule has 74 valence electrons. The second kappa shape index (κ2) is 7.53. The van der Waals surface area contributed by atoms with Gasteiger partial charge in [0, 0.05) is 13.0 Å². The summed E-state index contributed by atoms with van der Waals surface area (Å²) in [5.41, 5.74) is 0. The summed E-state index contributed by atoms with van der Waals surface area (Å²) in [6.45, 7) is 7.18. The molecular formula is C9H21NO2. The fourth-order valence-corrected chi connectivity index (χ4v) is 1.27. The van der Waals surface area contributed by atoms with Crippen LogP contribution in [0.1, 0.15) is 33.1 Å². The highest BCUT2D eigenvalue weighted by molar-refractivity contribution is 4.56. The van der Waals surface area contributed by atoms with Gasteiger partial charge in [0.05, 0.1) is 0 Å². The molecular weight excluding hydrogens is 154 g/mol. The third kappa shape index (κ3) is 6.58. The predicted molar refractivity (Wildman–Crippen MR) is 49.9 cm³/mol. The Hall–Kier alpha value is -0.120. The van der Waals surface area contributed by atoms with E-state index in [1.165, 1.54) is 0 Å². The molecule has 0 aromatic heterocycles. The molecule has 0 aliphatic carbocycles. The molecule has 0 spiro atoms. The third-order valence-electron chi connectivity index (χ3n) is 1.78. The van der Waals surface area contributed by atoms with Gasteiger partial charge in [0.15, 0.2) is 6.29 Å². The molecule has 0 saturated heterocycles. The van der Waals surface area contributed by atoms with E-state index >= 15 is 0 Å². The highest BCUT2D eigenvalue weighted by Crippen LogP contribution is 1.97. The summed E-state index contributed by atoms with van der Waals surface area (Å²) in [5.74, 6) is 0. The first kappa shape index (κ1) is 11.9. The Labute approximate surface area is 75.0 Å². The fourth-order valence-electron chi connectivity index (χ4n) is 1.27. The van der Waals surface area contributed by atoms with Gasteiger partial charge in [-0.3, -0.25) is 0 Å². The van der Waals surface area contributed by atoms with Gasteiger partial charge in [-0.1, -0.05) is 13.8 Å². The van der Waals surface area contributed by atoms with E-state index in [0.717, 1.165) is 32.5 Å². The van der Waals surface area contributed by atoms with Crippen LogP contribution in [0, 0.1) is 0 Å². The number of hydrogen-bond acceptors (Lipinski definition) is 3. The molecule has 0 saturated carbocycles. The highest BCUT2D eigenvalue weighted by atomic mass is 16.5. The molecule has 0 atom stereocenters. The van der Waals surface area contributed by atoms with E-state index in [2.05, 4.69) is 18.7 Å². The summed E-state index contributed by atoms with van der Waals surface area (Å²) >= 11 is 0. The van der Waals surface area contributed by atoms with Crippen LogP contribution < -0.4 is 0 Å². The summed E-state index contributed by atoms with van der Waals surface area (Å²) in [7, 11) is 0. The minimum Gasteiger partial charge on any atom is -0.368 e. The Balaban J connectivity index is 3.48. The topological polar surface area (TPSA) is 43.7 Å². The maximum absolute atomic E-state index is 8.67. The number of aliphatic hydroxyl groups excluding tert-OH is 1. The molecule has 0 fully saturated rings. The van der Waals surface area contributed by atoms with Crippen LogP contribution in [0.15, 0.2) is 0 Å². The van der Waals surface area contributed by atoms with Crippen molar-refractivity contribution in [2.24, 2.45) is 0 Å². The molecule has 3 heteroatoms. The van der Waals surface area contributed by atoms with E-state index in [9.17, 15) is 0 Å². The molecule has 0 aliphatic heterocycles. The van der Waals surface area contributed by atoms with Crippen molar-refractivity contribution >= 4 is 0 Å². The average Bonchev–Trinajstić information content (AvgIpc) is 2.01. The molecule has 0 aliphatic rings. The molecule has 0 heterocycles. The maximum atomic E-state index is 8.67. The molecule has 0 aromatic carbocycles. The lowest BCUT2D eigenvalue weighted by Crippen LogP contribution is -2.28. The maximum Gasteiger partial charge on any atom is 0.152 e. The van der Waals surface area contributed by atoms with Gasteiger partial charge in [0.1, 0.15) is 0 Å². The second-order valence-electron chi connectivity index (χ2n) is 3.11. The Morgan fingerprint density at radius 3 is 1.83 bits per heavy atom. The van der Waals surface area contributed by atoms with E-state index in [1.807, 2.05) is 0 Å². The fraction of sp³-hybridized carbons (Fsp3) is 1.00. The minimum atomic E-state index is -1.15. The van der Waals surface area contributed by atoms with E-state index < -0.39 is 6.29 Å². The van der Waals surface area contributed by atoms with Crippen LogP contribution in [0.2, 0.25) is 0 Å². The first-order valence-corrected chi connectivity index (χ1v) is 4.79. The first-order chi connectivity index (χ1) is 5.70. The molecule has 0 rings (SSSR count). The monoisotopic (exact) mass is 175 g/mol. The van der Waals surface area contributed by atoms with Crippen molar-refractivity contribution in [3.8, 4) is 0 Å². The van der Waals surface area contributed by atoms with Crippen molar-refractivity contribution in [2.75, 3.05) is 19.6 Å². The van der Waals surface area contributed by atoms with Gasteiger partial charge >= 0.3 is 0 Å². The van der Waals surface area contributed by atoms with E-state index in [4.69, 9.17) is 10.2 Å². The predicted octanol–water partition coefficient (Wildman–Crippen LogP) is 0.809. The summed E-state index contributed by atoms with van der Waals surface area (Å²) in [4.78, 5) is 2.26. The number of aliphatic hydroxyl groups is 2. The summed E-state index contributed by atoms with van der Waals surface area (Å²) in [5, 5.41) is 17.3. The molecule has 12 heavy (non-hydrogen) atoms. The van der Waals surface area contributed by atoms with Gasteiger partial charge < -0.3 is 15.1 Å². The summed E-state index contributed by atoms with van der Waals surface area (Å²) in [6.07, 6.45) is 1.56. The van der Waals surface area contributed by atoms with E-state index in [0.29, 0.717) is 6.42 Å². The first-order valence-electron chi connectivity index (χ1n) is 4.79. The van der Waals surface area contributed by atoms with Gasteiger partial charge in [0.2, 0.25) is 0 Å². The standard InChI is InChI=1S/C9H21NO2/c1-3-6-10(7-4-2)8-5-9(11)12/h9,11-12H,3-8H2,1-2H3. The summed E-state index contributed by atoms with van der Waals surface area (Å²) in [6, 6.07) is 0. The van der Waals surface area contributed by atoms with Crippen molar-refractivity contribution < 1.29 is 10.2 Å². The van der Waals surface area contributed by atoms with Gasteiger partial charge in [-0.25, -0.2) is 0 Å². The van der Waals surface area contributed by atoms with Gasteiger partial charge in [-0.2, -0.15) is 0 Å². The van der Waals surface area contributed by atoms with Crippen molar-refractivity contribution in [1.29, 1.82) is 0 Å². The van der Waals surface area contributed by atoms with Crippen LogP contribution in [-0.2, 0) is 0 Å². The molecule has 0 unspecified atom stereocenters. The van der Waals surface area contributed by atoms with Gasteiger partial charge in [-0.05, 0) is 25.9 Å². The SMILES string of the molecule is CCCN(CCC)CCC(O)O. The highest BCUT2D eigenvalue weighted by Gasteiger charge is 2.04. The molecule has 0 aromatic rings. The molecule has 0 amide bonds. The summed E-state index contributed by atoms with van der Waals surface area (Å²) < 4.78 is 0. The van der Waals surface area contributed by atoms with E-state index in [1.54, 1.807) is 0 Å². The van der Waals surface area contributed by atoms with Crippen molar-refractivity contribution in [3.63, 3.8) is 0 Å². The van der Waals surface area contributed by atoms with Gasteiger partial charge in [0.25, 0.3) is 0 Å². The van der Waals surface area contributed by atoms with Crippen LogP contribution in [0.5, 0.6) is 0 Å². The van der Waals surface area contributed by atoms with Crippen LogP contribution in [0.25, 0.3) is 0 Å². The molecule has 3 nitrogen and oxygen atoms in total. The number of nitrogens with zero attached hydrogens (tertiary/aromatic N) is 1. The van der Waals surface area contributed by atoms with Crippen molar-refractivity contribution in [2.45, 2.75) is 39.4 Å². The normalized spacial score (nSPS) is 11.5. The van der Waals surface area contributed by atoms with Crippen LogP contribution in [0.3, 0.4) is 0 Å². The minimum absolute atomic E-state index is 0.458. The Morgan fingerprint density at radius 2 is 1.50 bits per heavy atom. The van der Waals surface area contributed by atoms with Gasteiger partial charge in [-0.15, -0.1) is 0 Å². The zero-order valence-corrected chi connectivity index (χ0v) is 8.16. The Kier molecular flexibility index (Phi) is 7.45. The van der Waals surface area contributed by atoms with Crippen molar-refractivity contribution in [3.05, 3.63) is 0 Å². The third-order valence-corrected chi connectivity index (χ3v) is 1.78. The van der Waals surface area contributed by atoms with Crippen LogP contribution in [0.4, 0.5) is 0 Å². The lowest BCUT2D eigenvalue weighted by molar-refractivity contribution is -0.0503. The lowest BCUT2D eigenvalue weighted by Gasteiger charge is -2.20. The quantitative estimate of drug-likeness (QED) is 0.563. The zero-order valence-electron chi connectivity index (χ0n) is 8.16. The Bertz CT molecular complexity index is 90.5. The molecule has 0 bridgehead atoms. The van der Waals surface area contributed by atoms with Crippen LogP contribution in [-0.4, -0.2) is 41.0 Å². The van der Waals surface area contributed by atoms with E-state index in [-0.39, 0.29) is 0 Å². The zero-order chi connectivity index (χ0) is 9.40. The molecule has 0 radical (unpaired) electrons. The smallest absolute Gasteiger partial charge is 0.152 e.